The highest BCUT2D eigenvalue weighted by Crippen LogP contribution is 2.63. The Kier molecular flexibility index (Phi) is 1.24. The number of carboxylic acid groups (broad SMARTS) is 1. The molecule has 0 heterocycles. The van der Waals surface area contributed by atoms with Gasteiger partial charge in [-0.3, -0.25) is 4.79 Å². The summed E-state index contributed by atoms with van der Waals surface area (Å²) < 4.78 is -1.03. The molecule has 1 N–H and O–H groups in total. The van der Waals surface area contributed by atoms with Crippen molar-refractivity contribution in [2.24, 2.45) is 5.41 Å². The molecule has 0 aromatic heterocycles. The van der Waals surface area contributed by atoms with Gasteiger partial charge in [0.1, 0.15) is 9.75 Å². The van der Waals surface area contributed by atoms with E-state index >= 15 is 0 Å². The second kappa shape index (κ2) is 1.55. The number of hydrogen-bond acceptors (Lipinski definition) is 1. The van der Waals surface area contributed by atoms with Crippen LogP contribution in [0.3, 0.4) is 0 Å². The van der Waals surface area contributed by atoms with Crippen molar-refractivity contribution in [2.45, 2.75) is 17.7 Å². The number of aliphatic carboxylic acids is 1. The predicted molar refractivity (Wildman–Crippen MR) is 34.8 cm³/mol. The molecule has 1 saturated carbocycles. The molecule has 52 valence electrons. The van der Waals surface area contributed by atoms with Crippen LogP contribution in [0.5, 0.6) is 0 Å². The van der Waals surface area contributed by atoms with Crippen LogP contribution in [0.2, 0.25) is 0 Å². The molecule has 0 aromatic rings. The van der Waals surface area contributed by atoms with E-state index in [9.17, 15) is 4.79 Å². The van der Waals surface area contributed by atoms with Gasteiger partial charge in [-0.15, -0.1) is 23.2 Å². The van der Waals surface area contributed by atoms with E-state index in [1.165, 1.54) is 6.92 Å². The maximum Gasteiger partial charge on any atom is 0.312 e. The molecule has 9 heavy (non-hydrogen) atoms. The van der Waals surface area contributed by atoms with Crippen molar-refractivity contribution in [3.05, 3.63) is 0 Å². The van der Waals surface area contributed by atoms with Crippen molar-refractivity contribution in [1.82, 2.24) is 0 Å². The maximum atomic E-state index is 10.3. The van der Waals surface area contributed by atoms with Gasteiger partial charge in [0.05, 0.1) is 0 Å². The minimum atomic E-state index is -1.03. The fraction of sp³-hybridized carbons (Fsp3) is 0.800. The first-order valence-corrected chi connectivity index (χ1v) is 3.27. The molecular formula is C5H6Cl2O2. The van der Waals surface area contributed by atoms with Crippen LogP contribution < -0.4 is 0 Å². The van der Waals surface area contributed by atoms with Crippen LogP contribution in [0.25, 0.3) is 0 Å². The standard InChI is InChI=1S/C5H6Cl2O2/c1-4(3(8)9)2-5(4,6)7/h2H2,1H3,(H,8,9)/t4-/m0/s1. The molecule has 0 aromatic carbocycles. The number of alkyl halides is 2. The number of carbonyl (C=O) groups is 1. The number of rotatable bonds is 1. The van der Waals surface area contributed by atoms with Gasteiger partial charge in [0.15, 0.2) is 0 Å². The molecular weight excluding hydrogens is 163 g/mol. The fourth-order valence-corrected chi connectivity index (χ4v) is 1.33. The summed E-state index contributed by atoms with van der Waals surface area (Å²) in [5.74, 6) is -0.924. The zero-order chi connectivity index (χ0) is 7.28. The van der Waals surface area contributed by atoms with Gasteiger partial charge in [0.2, 0.25) is 0 Å². The van der Waals surface area contributed by atoms with E-state index < -0.39 is 15.7 Å². The minimum Gasteiger partial charge on any atom is -0.481 e. The third-order valence-electron chi connectivity index (χ3n) is 1.73. The molecule has 4 heteroatoms. The van der Waals surface area contributed by atoms with Crippen LogP contribution in [0.15, 0.2) is 0 Å². The summed E-state index contributed by atoms with van der Waals surface area (Å²) in [6.07, 6.45) is 0.346. The van der Waals surface area contributed by atoms with Gasteiger partial charge in [0.25, 0.3) is 0 Å². The normalized spacial score (nSPS) is 38.1. The number of halogens is 2. The van der Waals surface area contributed by atoms with E-state index in [0.29, 0.717) is 6.42 Å². The third kappa shape index (κ3) is 0.812. The number of carboxylic acids is 1. The minimum absolute atomic E-state index is 0.346. The molecule has 0 bridgehead atoms. The average molecular weight is 169 g/mol. The molecule has 0 spiro atoms. The van der Waals surface area contributed by atoms with Gasteiger partial charge in [-0.1, -0.05) is 0 Å². The van der Waals surface area contributed by atoms with Crippen molar-refractivity contribution in [3.63, 3.8) is 0 Å². The Morgan fingerprint density at radius 1 is 1.67 bits per heavy atom. The first-order chi connectivity index (χ1) is 3.90. The zero-order valence-corrected chi connectivity index (χ0v) is 6.33. The number of hydrogen-bond donors (Lipinski definition) is 1. The molecule has 1 atom stereocenters. The quantitative estimate of drug-likeness (QED) is 0.606. The van der Waals surface area contributed by atoms with Crippen molar-refractivity contribution in [3.8, 4) is 0 Å². The van der Waals surface area contributed by atoms with Crippen LogP contribution in [0.1, 0.15) is 13.3 Å². The second-order valence-electron chi connectivity index (χ2n) is 2.52. The molecule has 0 aliphatic heterocycles. The lowest BCUT2D eigenvalue weighted by atomic mass is 10.1. The van der Waals surface area contributed by atoms with Crippen LogP contribution >= 0.6 is 23.2 Å². The largest absolute Gasteiger partial charge is 0.481 e. The van der Waals surface area contributed by atoms with E-state index in [0.717, 1.165) is 0 Å². The highest BCUT2D eigenvalue weighted by Gasteiger charge is 2.68. The SMILES string of the molecule is C[C@@]1(C(=O)O)CC1(Cl)Cl. The predicted octanol–water partition coefficient (Wildman–Crippen LogP) is 1.65. The summed E-state index contributed by atoms with van der Waals surface area (Å²) in [5.41, 5.74) is -0.907. The Morgan fingerprint density at radius 3 is 2.00 bits per heavy atom. The van der Waals surface area contributed by atoms with Gasteiger partial charge in [-0.05, 0) is 6.92 Å². The smallest absolute Gasteiger partial charge is 0.312 e. The lowest BCUT2D eigenvalue weighted by Gasteiger charge is -2.02. The van der Waals surface area contributed by atoms with Gasteiger partial charge in [-0.25, -0.2) is 0 Å². The van der Waals surface area contributed by atoms with Crippen LogP contribution in [0.4, 0.5) is 0 Å². The Bertz CT molecular complexity index is 166. The summed E-state index contributed by atoms with van der Waals surface area (Å²) in [7, 11) is 0. The van der Waals surface area contributed by atoms with Crippen molar-refractivity contribution in [1.29, 1.82) is 0 Å². The Labute approximate surface area is 62.8 Å². The van der Waals surface area contributed by atoms with Gasteiger partial charge >= 0.3 is 5.97 Å². The molecule has 2 nitrogen and oxygen atoms in total. The van der Waals surface area contributed by atoms with E-state index in [1.54, 1.807) is 0 Å². The Hall–Kier alpha value is 0.0500. The molecule has 0 saturated heterocycles. The first-order valence-electron chi connectivity index (χ1n) is 2.51. The summed E-state index contributed by atoms with van der Waals surface area (Å²) >= 11 is 11.1. The first kappa shape index (κ1) is 7.16. The Morgan fingerprint density at radius 2 is 2.00 bits per heavy atom. The average Bonchev–Trinajstić information content (AvgIpc) is 2.08. The monoisotopic (exact) mass is 168 g/mol. The maximum absolute atomic E-state index is 10.3. The van der Waals surface area contributed by atoms with Crippen LogP contribution in [-0.4, -0.2) is 15.4 Å². The van der Waals surface area contributed by atoms with E-state index in [-0.39, 0.29) is 0 Å². The second-order valence-corrected chi connectivity index (χ2v) is 4.00. The van der Waals surface area contributed by atoms with Crippen LogP contribution in [-0.2, 0) is 4.79 Å². The lowest BCUT2D eigenvalue weighted by Crippen LogP contribution is -2.16. The molecule has 1 rings (SSSR count). The summed E-state index contributed by atoms with van der Waals surface area (Å²) in [4.78, 5) is 10.3. The third-order valence-corrected chi connectivity index (χ3v) is 2.83. The van der Waals surface area contributed by atoms with Gasteiger partial charge in [-0.2, -0.15) is 0 Å². The molecule has 0 unspecified atom stereocenters. The molecule has 1 aliphatic carbocycles. The van der Waals surface area contributed by atoms with Gasteiger partial charge < -0.3 is 5.11 Å². The van der Waals surface area contributed by atoms with E-state index in [1.807, 2.05) is 0 Å². The molecule has 0 amide bonds. The Balaban J connectivity index is 2.74. The highest BCUT2D eigenvalue weighted by atomic mass is 35.5. The zero-order valence-electron chi connectivity index (χ0n) is 4.82. The summed E-state index contributed by atoms with van der Waals surface area (Å²) in [6.45, 7) is 1.54. The molecule has 1 fully saturated rings. The molecule has 1 aliphatic rings. The van der Waals surface area contributed by atoms with Crippen molar-refractivity contribution < 1.29 is 9.90 Å². The van der Waals surface area contributed by atoms with Crippen LogP contribution in [0, 0.1) is 5.41 Å². The summed E-state index contributed by atoms with van der Waals surface area (Å²) in [6, 6.07) is 0. The van der Waals surface area contributed by atoms with Gasteiger partial charge in [0, 0.05) is 6.42 Å². The summed E-state index contributed by atoms with van der Waals surface area (Å²) in [5, 5.41) is 8.48. The van der Waals surface area contributed by atoms with E-state index in [2.05, 4.69) is 0 Å². The topological polar surface area (TPSA) is 37.3 Å². The fourth-order valence-electron chi connectivity index (χ4n) is 0.632. The van der Waals surface area contributed by atoms with Crippen molar-refractivity contribution >= 4 is 29.2 Å². The highest BCUT2D eigenvalue weighted by molar-refractivity contribution is 6.53. The van der Waals surface area contributed by atoms with E-state index in [4.69, 9.17) is 28.3 Å². The van der Waals surface area contributed by atoms with Crippen molar-refractivity contribution in [2.75, 3.05) is 0 Å². The molecule has 0 radical (unpaired) electrons. The lowest BCUT2D eigenvalue weighted by molar-refractivity contribution is -0.142.